The summed E-state index contributed by atoms with van der Waals surface area (Å²) in [4.78, 5) is 21.5. The van der Waals surface area contributed by atoms with Gasteiger partial charge in [-0.3, -0.25) is 10.1 Å². The van der Waals surface area contributed by atoms with Crippen LogP contribution in [0.5, 0.6) is 11.5 Å². The van der Waals surface area contributed by atoms with Crippen molar-refractivity contribution in [1.29, 1.82) is 0 Å². The normalized spacial score (nSPS) is 10.4. The molecule has 0 unspecified atom stereocenters. The summed E-state index contributed by atoms with van der Waals surface area (Å²) in [5.41, 5.74) is 2.62. The molecule has 9 heteroatoms. The van der Waals surface area contributed by atoms with Crippen LogP contribution in [-0.4, -0.2) is 22.6 Å². The van der Waals surface area contributed by atoms with Gasteiger partial charge in [0, 0.05) is 24.4 Å². The third-order valence-electron chi connectivity index (χ3n) is 4.51. The fourth-order valence-corrected chi connectivity index (χ4v) is 3.57. The van der Waals surface area contributed by atoms with Gasteiger partial charge in [0.2, 0.25) is 0 Å². The Morgan fingerprint density at radius 3 is 2.50 bits per heavy atom. The lowest BCUT2D eigenvalue weighted by Gasteiger charge is -2.16. The summed E-state index contributed by atoms with van der Waals surface area (Å²) in [6, 6.07) is 16.5. The molecule has 0 bridgehead atoms. The fraction of sp³-hybridized carbons (Fsp3) is 0.174. The molecule has 0 saturated heterocycles. The van der Waals surface area contributed by atoms with Crippen LogP contribution >= 0.6 is 15.9 Å². The van der Waals surface area contributed by atoms with E-state index in [9.17, 15) is 14.9 Å². The number of hydrogen-bond acceptors (Lipinski definition) is 6. The van der Waals surface area contributed by atoms with E-state index < -0.39 is 10.9 Å². The number of nitrogens with one attached hydrogen (secondary N) is 1. The van der Waals surface area contributed by atoms with Gasteiger partial charge in [-0.25, -0.2) is 4.79 Å². The highest BCUT2D eigenvalue weighted by molar-refractivity contribution is 9.10. The van der Waals surface area contributed by atoms with E-state index in [-0.39, 0.29) is 17.9 Å². The minimum absolute atomic E-state index is 0.0238. The first-order chi connectivity index (χ1) is 15.4. The number of carboxylic acids is 1. The van der Waals surface area contributed by atoms with E-state index in [1.165, 1.54) is 18.2 Å². The third kappa shape index (κ3) is 5.98. The Hall–Kier alpha value is -3.59. The number of nitro groups is 1. The summed E-state index contributed by atoms with van der Waals surface area (Å²) < 4.78 is 12.4. The Labute approximate surface area is 193 Å². The van der Waals surface area contributed by atoms with E-state index >= 15 is 0 Å². The van der Waals surface area contributed by atoms with Gasteiger partial charge in [0.1, 0.15) is 6.61 Å². The van der Waals surface area contributed by atoms with Crippen LogP contribution in [0.15, 0.2) is 65.1 Å². The van der Waals surface area contributed by atoms with Crippen molar-refractivity contribution in [3.05, 3.63) is 91.9 Å². The van der Waals surface area contributed by atoms with Crippen molar-refractivity contribution >= 4 is 33.3 Å². The predicted molar refractivity (Wildman–Crippen MR) is 123 cm³/mol. The molecule has 0 spiro atoms. The third-order valence-corrected chi connectivity index (χ3v) is 5.09. The van der Waals surface area contributed by atoms with Crippen molar-refractivity contribution in [2.45, 2.75) is 20.1 Å². The maximum atomic E-state index is 11.1. The van der Waals surface area contributed by atoms with Crippen LogP contribution in [0.4, 0.5) is 11.4 Å². The van der Waals surface area contributed by atoms with E-state index in [0.717, 1.165) is 11.1 Å². The Kier molecular flexibility index (Phi) is 7.67. The molecule has 0 aliphatic rings. The molecule has 0 aromatic heterocycles. The van der Waals surface area contributed by atoms with Crippen molar-refractivity contribution in [3.8, 4) is 11.5 Å². The number of nitro benzene ring substituents is 1. The van der Waals surface area contributed by atoms with Crippen LogP contribution in [0.1, 0.15) is 28.4 Å². The minimum atomic E-state index is -0.982. The number of non-ortho nitro benzene ring substituents is 1. The van der Waals surface area contributed by atoms with Crippen LogP contribution in [0.2, 0.25) is 0 Å². The summed E-state index contributed by atoms with van der Waals surface area (Å²) in [7, 11) is 0. The summed E-state index contributed by atoms with van der Waals surface area (Å²) in [5, 5.41) is 23.1. The highest BCUT2D eigenvalue weighted by atomic mass is 79.9. The maximum absolute atomic E-state index is 11.1. The standard InChI is InChI=1S/C23H21BrN2O6/c1-2-31-21-11-16(13-25-18-5-3-4-17(12-18)23(27)28)10-20(24)22(21)32-14-15-6-8-19(9-7-15)26(29)30/h3-12,25H,2,13-14H2,1H3,(H,27,28). The molecule has 0 aliphatic heterocycles. The monoisotopic (exact) mass is 500 g/mol. The molecule has 0 fully saturated rings. The molecule has 32 heavy (non-hydrogen) atoms. The van der Waals surface area contributed by atoms with E-state index in [2.05, 4.69) is 21.2 Å². The minimum Gasteiger partial charge on any atom is -0.490 e. The highest BCUT2D eigenvalue weighted by Crippen LogP contribution is 2.37. The summed E-state index contributed by atoms with van der Waals surface area (Å²) in [6.45, 7) is 2.98. The fourth-order valence-electron chi connectivity index (χ4n) is 2.96. The Balaban J connectivity index is 1.73. The van der Waals surface area contributed by atoms with Crippen LogP contribution in [0, 0.1) is 10.1 Å². The number of anilines is 1. The van der Waals surface area contributed by atoms with Gasteiger partial charge in [0.15, 0.2) is 11.5 Å². The number of carboxylic acid groups (broad SMARTS) is 1. The van der Waals surface area contributed by atoms with Crippen molar-refractivity contribution < 1.29 is 24.3 Å². The van der Waals surface area contributed by atoms with Crippen molar-refractivity contribution in [2.24, 2.45) is 0 Å². The van der Waals surface area contributed by atoms with Crippen molar-refractivity contribution in [2.75, 3.05) is 11.9 Å². The zero-order valence-corrected chi connectivity index (χ0v) is 18.8. The van der Waals surface area contributed by atoms with Gasteiger partial charge in [0.05, 0.1) is 21.6 Å². The topological polar surface area (TPSA) is 111 Å². The van der Waals surface area contributed by atoms with Gasteiger partial charge in [-0.2, -0.15) is 0 Å². The number of hydrogen-bond donors (Lipinski definition) is 2. The number of carbonyl (C=O) groups is 1. The molecule has 3 aromatic rings. The average molecular weight is 501 g/mol. The van der Waals surface area contributed by atoms with E-state index in [4.69, 9.17) is 14.6 Å². The highest BCUT2D eigenvalue weighted by Gasteiger charge is 2.14. The lowest BCUT2D eigenvalue weighted by molar-refractivity contribution is -0.384. The molecular weight excluding hydrogens is 480 g/mol. The molecule has 0 saturated carbocycles. The van der Waals surface area contributed by atoms with Crippen LogP contribution in [0.25, 0.3) is 0 Å². The number of benzene rings is 3. The van der Waals surface area contributed by atoms with Crippen molar-refractivity contribution in [1.82, 2.24) is 0 Å². The predicted octanol–water partition coefficient (Wildman–Crippen LogP) is 5.65. The van der Waals surface area contributed by atoms with Gasteiger partial charge in [-0.15, -0.1) is 0 Å². The van der Waals surface area contributed by atoms with Gasteiger partial charge in [-0.05, 0) is 76.4 Å². The second kappa shape index (κ2) is 10.6. The van der Waals surface area contributed by atoms with Crippen LogP contribution < -0.4 is 14.8 Å². The van der Waals surface area contributed by atoms with Gasteiger partial charge in [0.25, 0.3) is 5.69 Å². The molecule has 0 radical (unpaired) electrons. The molecule has 166 valence electrons. The molecule has 2 N–H and O–H groups in total. The quantitative estimate of drug-likeness (QED) is 0.273. The number of aromatic carboxylic acids is 1. The number of ether oxygens (including phenoxy) is 2. The SMILES string of the molecule is CCOc1cc(CNc2cccc(C(=O)O)c2)cc(Br)c1OCc1ccc([N+](=O)[O-])cc1. The smallest absolute Gasteiger partial charge is 0.335 e. The van der Waals surface area contributed by atoms with E-state index in [1.54, 1.807) is 30.3 Å². The molecular formula is C23H21BrN2O6. The Morgan fingerprint density at radius 2 is 1.84 bits per heavy atom. The van der Waals surface area contributed by atoms with E-state index in [0.29, 0.717) is 34.8 Å². The lowest BCUT2D eigenvalue weighted by Crippen LogP contribution is -2.05. The van der Waals surface area contributed by atoms with Crippen LogP contribution in [0.3, 0.4) is 0 Å². The number of halogens is 1. The van der Waals surface area contributed by atoms with Crippen LogP contribution in [-0.2, 0) is 13.2 Å². The molecule has 0 amide bonds. The van der Waals surface area contributed by atoms with Gasteiger partial charge >= 0.3 is 5.97 Å². The Bertz CT molecular complexity index is 1120. The molecule has 3 aromatic carbocycles. The summed E-state index contributed by atoms with van der Waals surface area (Å²) in [6.07, 6.45) is 0. The van der Waals surface area contributed by atoms with Crippen molar-refractivity contribution in [3.63, 3.8) is 0 Å². The average Bonchev–Trinajstić information content (AvgIpc) is 2.78. The second-order valence-electron chi connectivity index (χ2n) is 6.79. The molecule has 0 atom stereocenters. The van der Waals surface area contributed by atoms with Gasteiger partial charge in [-0.1, -0.05) is 6.07 Å². The summed E-state index contributed by atoms with van der Waals surface area (Å²) in [5.74, 6) is 0.103. The number of rotatable bonds is 10. The summed E-state index contributed by atoms with van der Waals surface area (Å²) >= 11 is 3.53. The molecule has 0 heterocycles. The molecule has 0 aliphatic carbocycles. The molecule has 8 nitrogen and oxygen atoms in total. The second-order valence-corrected chi connectivity index (χ2v) is 7.64. The first-order valence-electron chi connectivity index (χ1n) is 9.76. The lowest BCUT2D eigenvalue weighted by atomic mass is 10.1. The van der Waals surface area contributed by atoms with Gasteiger partial charge < -0.3 is 19.9 Å². The first-order valence-corrected chi connectivity index (χ1v) is 10.5. The Morgan fingerprint density at radius 1 is 1.09 bits per heavy atom. The first kappa shape index (κ1) is 23.1. The number of nitrogens with zero attached hydrogens (tertiary/aromatic N) is 1. The maximum Gasteiger partial charge on any atom is 0.335 e. The zero-order chi connectivity index (χ0) is 23.1. The zero-order valence-electron chi connectivity index (χ0n) is 17.2. The van der Waals surface area contributed by atoms with E-state index in [1.807, 2.05) is 19.1 Å². The molecule has 3 rings (SSSR count). The largest absolute Gasteiger partial charge is 0.490 e.